The Bertz CT molecular complexity index is 396. The van der Waals surface area contributed by atoms with E-state index in [0.29, 0.717) is 11.6 Å². The van der Waals surface area contributed by atoms with Gasteiger partial charge < -0.3 is 5.11 Å². The van der Waals surface area contributed by atoms with Gasteiger partial charge in [0.25, 0.3) is 0 Å². The highest BCUT2D eigenvalue weighted by atomic mass is 35.5. The maximum atomic E-state index is 10.7. The molecule has 1 atom stereocenters. The third-order valence-corrected chi connectivity index (χ3v) is 3.83. The van der Waals surface area contributed by atoms with Crippen LogP contribution < -0.4 is 0 Å². The van der Waals surface area contributed by atoms with Crippen molar-refractivity contribution < 1.29 is 5.11 Å². The van der Waals surface area contributed by atoms with Crippen LogP contribution in [0.15, 0.2) is 24.3 Å². The number of benzene rings is 1. The molecule has 1 fully saturated rings. The maximum Gasteiger partial charge on any atom is 0.103 e. The normalized spacial score (nSPS) is 26.4. The van der Waals surface area contributed by atoms with Gasteiger partial charge in [-0.15, -0.1) is 0 Å². The summed E-state index contributed by atoms with van der Waals surface area (Å²) in [6.45, 7) is 8.17. The first-order valence-corrected chi connectivity index (χ1v) is 6.43. The van der Waals surface area contributed by atoms with Gasteiger partial charge in [-0.25, -0.2) is 0 Å². The molecule has 17 heavy (non-hydrogen) atoms. The van der Waals surface area contributed by atoms with Gasteiger partial charge in [-0.2, -0.15) is 0 Å². The molecule has 3 heteroatoms. The highest BCUT2D eigenvalue weighted by Gasteiger charge is 2.41. The summed E-state index contributed by atoms with van der Waals surface area (Å²) < 4.78 is 0. The molecule has 2 rings (SSSR count). The first-order chi connectivity index (χ1) is 7.81. The van der Waals surface area contributed by atoms with Crippen molar-refractivity contribution in [2.45, 2.75) is 38.3 Å². The number of nitrogens with zero attached hydrogens (tertiary/aromatic N) is 1. The Balaban J connectivity index is 2.19. The number of hydrogen-bond donors (Lipinski definition) is 1. The van der Waals surface area contributed by atoms with Gasteiger partial charge in [0.05, 0.1) is 0 Å². The molecule has 1 aromatic carbocycles. The lowest BCUT2D eigenvalue weighted by molar-refractivity contribution is 0.0326. The van der Waals surface area contributed by atoms with Gasteiger partial charge in [-0.3, -0.25) is 4.90 Å². The molecule has 1 aromatic rings. The zero-order valence-corrected chi connectivity index (χ0v) is 11.5. The van der Waals surface area contributed by atoms with Crippen LogP contribution in [0.25, 0.3) is 0 Å². The Morgan fingerprint density at radius 1 is 1.24 bits per heavy atom. The Morgan fingerprint density at radius 3 is 2.29 bits per heavy atom. The molecule has 1 aliphatic heterocycles. The summed E-state index contributed by atoms with van der Waals surface area (Å²) in [5, 5.41) is 11.4. The second-order valence-electron chi connectivity index (χ2n) is 5.88. The SMILES string of the molecule is CC(C)(C)N1CCC(O)(c2ccc(Cl)cc2)C1. The molecule has 1 aliphatic rings. The van der Waals surface area contributed by atoms with Crippen molar-refractivity contribution in [2.24, 2.45) is 0 Å². The van der Waals surface area contributed by atoms with Crippen molar-refractivity contribution in [2.75, 3.05) is 13.1 Å². The van der Waals surface area contributed by atoms with Crippen LogP contribution in [-0.2, 0) is 5.60 Å². The van der Waals surface area contributed by atoms with E-state index in [4.69, 9.17) is 11.6 Å². The van der Waals surface area contributed by atoms with Crippen molar-refractivity contribution in [3.8, 4) is 0 Å². The fourth-order valence-electron chi connectivity index (χ4n) is 2.36. The molecular formula is C14H20ClNO. The molecule has 94 valence electrons. The third kappa shape index (κ3) is 2.65. The molecule has 0 aromatic heterocycles. The highest BCUT2D eigenvalue weighted by Crippen LogP contribution is 2.35. The predicted octanol–water partition coefficient (Wildman–Crippen LogP) is 3.03. The van der Waals surface area contributed by atoms with E-state index in [9.17, 15) is 5.11 Å². The lowest BCUT2D eigenvalue weighted by Gasteiger charge is -2.33. The summed E-state index contributed by atoms with van der Waals surface area (Å²) in [4.78, 5) is 2.32. The van der Waals surface area contributed by atoms with Crippen LogP contribution in [0.2, 0.25) is 5.02 Å². The molecule has 1 unspecified atom stereocenters. The van der Waals surface area contributed by atoms with Crippen molar-refractivity contribution in [3.05, 3.63) is 34.9 Å². The molecule has 1 saturated heterocycles. The summed E-state index contributed by atoms with van der Waals surface area (Å²) in [6, 6.07) is 7.53. The van der Waals surface area contributed by atoms with Crippen LogP contribution in [-0.4, -0.2) is 28.6 Å². The number of rotatable bonds is 1. The van der Waals surface area contributed by atoms with E-state index >= 15 is 0 Å². The van der Waals surface area contributed by atoms with E-state index in [1.165, 1.54) is 0 Å². The van der Waals surface area contributed by atoms with Crippen molar-refractivity contribution in [1.29, 1.82) is 0 Å². The standard InChI is InChI=1S/C14H20ClNO/c1-13(2,3)16-9-8-14(17,10-16)11-4-6-12(15)7-5-11/h4-7,17H,8-10H2,1-3H3. The smallest absolute Gasteiger partial charge is 0.103 e. The Labute approximate surface area is 108 Å². The molecular weight excluding hydrogens is 234 g/mol. The Kier molecular flexibility index (Phi) is 3.23. The first kappa shape index (κ1) is 12.9. The number of aliphatic hydroxyl groups is 1. The van der Waals surface area contributed by atoms with Crippen LogP contribution in [0.5, 0.6) is 0 Å². The molecule has 0 aliphatic carbocycles. The Morgan fingerprint density at radius 2 is 1.82 bits per heavy atom. The number of halogens is 1. The monoisotopic (exact) mass is 253 g/mol. The van der Waals surface area contributed by atoms with Crippen LogP contribution in [0.3, 0.4) is 0 Å². The summed E-state index contributed by atoms with van der Waals surface area (Å²) in [5.41, 5.74) is 0.350. The highest BCUT2D eigenvalue weighted by molar-refractivity contribution is 6.30. The van der Waals surface area contributed by atoms with Gasteiger partial charge in [0.15, 0.2) is 0 Å². The largest absolute Gasteiger partial charge is 0.384 e. The minimum absolute atomic E-state index is 0.108. The van der Waals surface area contributed by atoms with Crippen LogP contribution in [0.1, 0.15) is 32.8 Å². The minimum atomic E-state index is -0.724. The average Bonchev–Trinajstić information content (AvgIpc) is 2.62. The second-order valence-corrected chi connectivity index (χ2v) is 6.32. The lowest BCUT2D eigenvalue weighted by Crippen LogP contribution is -2.42. The van der Waals surface area contributed by atoms with Gasteiger partial charge in [0.1, 0.15) is 5.60 Å². The van der Waals surface area contributed by atoms with Crippen LogP contribution >= 0.6 is 11.6 Å². The average molecular weight is 254 g/mol. The second kappa shape index (κ2) is 4.27. The van der Waals surface area contributed by atoms with Gasteiger partial charge in [-0.1, -0.05) is 23.7 Å². The molecule has 0 amide bonds. The topological polar surface area (TPSA) is 23.5 Å². The van der Waals surface area contributed by atoms with Gasteiger partial charge in [0.2, 0.25) is 0 Å². The van der Waals surface area contributed by atoms with E-state index in [2.05, 4.69) is 25.7 Å². The van der Waals surface area contributed by atoms with Crippen molar-refractivity contribution >= 4 is 11.6 Å². The molecule has 1 heterocycles. The van der Waals surface area contributed by atoms with E-state index in [0.717, 1.165) is 18.5 Å². The van der Waals surface area contributed by atoms with E-state index < -0.39 is 5.60 Å². The van der Waals surface area contributed by atoms with Gasteiger partial charge >= 0.3 is 0 Å². The molecule has 0 bridgehead atoms. The van der Waals surface area contributed by atoms with Crippen molar-refractivity contribution in [3.63, 3.8) is 0 Å². The molecule has 1 N–H and O–H groups in total. The zero-order chi connectivity index (χ0) is 12.7. The fourth-order valence-corrected chi connectivity index (χ4v) is 2.49. The third-order valence-electron chi connectivity index (χ3n) is 3.58. The van der Waals surface area contributed by atoms with Gasteiger partial charge in [-0.05, 0) is 44.9 Å². The van der Waals surface area contributed by atoms with Gasteiger partial charge in [0, 0.05) is 23.7 Å². The molecule has 0 spiro atoms. The lowest BCUT2D eigenvalue weighted by atomic mass is 9.93. The quantitative estimate of drug-likeness (QED) is 0.832. The summed E-state index contributed by atoms with van der Waals surface area (Å²) in [5.74, 6) is 0. The van der Waals surface area contributed by atoms with E-state index in [1.54, 1.807) is 0 Å². The summed E-state index contributed by atoms with van der Waals surface area (Å²) in [6.07, 6.45) is 0.784. The van der Waals surface area contributed by atoms with E-state index in [-0.39, 0.29) is 5.54 Å². The number of β-amino-alcohol motifs (C(OH)–C–C–N with tert-alkyl or cyclic N) is 1. The van der Waals surface area contributed by atoms with E-state index in [1.807, 2.05) is 24.3 Å². The molecule has 0 saturated carbocycles. The van der Waals surface area contributed by atoms with Crippen LogP contribution in [0, 0.1) is 0 Å². The predicted molar refractivity (Wildman–Crippen MR) is 71.3 cm³/mol. The first-order valence-electron chi connectivity index (χ1n) is 6.05. The van der Waals surface area contributed by atoms with Crippen LogP contribution in [0.4, 0.5) is 0 Å². The number of hydrogen-bond acceptors (Lipinski definition) is 2. The number of likely N-dealkylation sites (tertiary alicyclic amines) is 1. The summed E-state index contributed by atoms with van der Waals surface area (Å²) in [7, 11) is 0. The molecule has 0 radical (unpaired) electrons. The minimum Gasteiger partial charge on any atom is -0.384 e. The fraction of sp³-hybridized carbons (Fsp3) is 0.571. The zero-order valence-electron chi connectivity index (χ0n) is 10.7. The maximum absolute atomic E-state index is 10.7. The molecule has 2 nitrogen and oxygen atoms in total. The van der Waals surface area contributed by atoms with Crippen molar-refractivity contribution in [1.82, 2.24) is 4.90 Å². The summed E-state index contributed by atoms with van der Waals surface area (Å²) >= 11 is 5.87. The Hall–Kier alpha value is -0.570.